The highest BCUT2D eigenvalue weighted by atomic mass is 79.9. The maximum absolute atomic E-state index is 13.3. The molecule has 1 N–H and O–H groups in total. The summed E-state index contributed by atoms with van der Waals surface area (Å²) in [7, 11) is -2.77. The molecule has 0 spiro atoms. The molecule has 2 aromatic carbocycles. The summed E-state index contributed by atoms with van der Waals surface area (Å²) in [6, 6.07) is 12.6. The van der Waals surface area contributed by atoms with Crippen molar-refractivity contribution < 1.29 is 22.3 Å². The molecule has 0 aliphatic heterocycles. The van der Waals surface area contributed by atoms with Crippen molar-refractivity contribution in [3.05, 3.63) is 86.3 Å². The Morgan fingerprint density at radius 3 is 2.50 bits per heavy atom. The second-order valence-corrected chi connectivity index (χ2v) is 9.30. The fraction of sp³-hybridized carbons (Fsp3) is 0.105. The molecule has 0 bridgehead atoms. The quantitative estimate of drug-likeness (QED) is 0.523. The van der Waals surface area contributed by atoms with Crippen LogP contribution in [0.5, 0.6) is 0 Å². The van der Waals surface area contributed by atoms with E-state index in [-0.39, 0.29) is 10.5 Å². The smallest absolute Gasteiger partial charge is 0.339 e. The number of halogens is 2. The summed E-state index contributed by atoms with van der Waals surface area (Å²) in [4.78, 5) is 12.5. The highest BCUT2D eigenvalue weighted by Crippen LogP contribution is 2.29. The Morgan fingerprint density at radius 2 is 1.89 bits per heavy atom. The third kappa shape index (κ3) is 4.49. The van der Waals surface area contributed by atoms with Crippen molar-refractivity contribution in [3.8, 4) is 0 Å². The molecule has 9 heteroatoms. The van der Waals surface area contributed by atoms with Gasteiger partial charge in [0.15, 0.2) is 0 Å². The summed E-state index contributed by atoms with van der Waals surface area (Å²) in [5, 5.41) is 1.83. The third-order valence-electron chi connectivity index (χ3n) is 3.96. The molecular formula is C19H15BrFNO4S2. The van der Waals surface area contributed by atoms with Crippen molar-refractivity contribution in [2.75, 3.05) is 7.11 Å². The van der Waals surface area contributed by atoms with Crippen molar-refractivity contribution in [2.24, 2.45) is 0 Å². The Hall–Kier alpha value is -2.07. The molecule has 0 saturated carbocycles. The van der Waals surface area contributed by atoms with Crippen LogP contribution in [0.3, 0.4) is 0 Å². The summed E-state index contributed by atoms with van der Waals surface area (Å²) in [5.41, 5.74) is 0.692. The van der Waals surface area contributed by atoms with Gasteiger partial charge in [-0.1, -0.05) is 18.2 Å². The third-order valence-corrected chi connectivity index (χ3v) is 7.01. The summed E-state index contributed by atoms with van der Waals surface area (Å²) in [5.74, 6) is -1.07. The van der Waals surface area contributed by atoms with Crippen molar-refractivity contribution >= 4 is 43.3 Å². The minimum Gasteiger partial charge on any atom is -0.465 e. The minimum atomic E-state index is -3.99. The van der Waals surface area contributed by atoms with Crippen molar-refractivity contribution in [1.29, 1.82) is 0 Å². The number of methoxy groups -OCH3 is 1. The fourth-order valence-electron chi connectivity index (χ4n) is 2.56. The van der Waals surface area contributed by atoms with Gasteiger partial charge in [0.1, 0.15) is 5.82 Å². The predicted molar refractivity (Wildman–Crippen MR) is 108 cm³/mol. The summed E-state index contributed by atoms with van der Waals surface area (Å²) < 4.78 is 47.1. The Kier molecular flexibility index (Phi) is 6.29. The molecule has 1 heterocycles. The molecule has 5 nitrogen and oxygen atoms in total. The Morgan fingerprint density at radius 1 is 1.18 bits per heavy atom. The molecule has 0 saturated heterocycles. The molecule has 146 valence electrons. The van der Waals surface area contributed by atoms with Gasteiger partial charge in [-0.3, -0.25) is 0 Å². The number of ether oxygens (including phenoxy) is 1. The van der Waals surface area contributed by atoms with E-state index in [2.05, 4.69) is 25.4 Å². The molecule has 1 unspecified atom stereocenters. The zero-order valence-corrected chi connectivity index (χ0v) is 17.8. The first-order chi connectivity index (χ1) is 13.3. The number of rotatable bonds is 6. The van der Waals surface area contributed by atoms with Gasteiger partial charge in [0, 0.05) is 9.35 Å². The zero-order chi connectivity index (χ0) is 20.3. The standard InChI is InChI=1S/C19H15BrFNO4S2/c1-26-19(23)15-11-14(8-9-16(15)20)28(24,25)22-18(17-3-2-10-27-17)12-4-6-13(21)7-5-12/h2-11,18,22H,1H3. The van der Waals surface area contributed by atoms with Crippen LogP contribution in [0.4, 0.5) is 4.39 Å². The normalized spacial score (nSPS) is 12.5. The van der Waals surface area contributed by atoms with Gasteiger partial charge in [0.2, 0.25) is 10.0 Å². The monoisotopic (exact) mass is 483 g/mol. The van der Waals surface area contributed by atoms with E-state index in [9.17, 15) is 17.6 Å². The maximum Gasteiger partial charge on any atom is 0.339 e. The van der Waals surface area contributed by atoms with Gasteiger partial charge in [-0.2, -0.15) is 4.72 Å². The van der Waals surface area contributed by atoms with E-state index in [4.69, 9.17) is 0 Å². The highest BCUT2D eigenvalue weighted by molar-refractivity contribution is 9.10. The molecule has 3 rings (SSSR count). The average molecular weight is 484 g/mol. The minimum absolute atomic E-state index is 0.0835. The van der Waals surface area contributed by atoms with Crippen LogP contribution in [0.15, 0.2) is 69.3 Å². The first-order valence-corrected chi connectivity index (χ1v) is 11.2. The average Bonchev–Trinajstić information content (AvgIpc) is 3.21. The Bertz CT molecular complexity index is 1080. The summed E-state index contributed by atoms with van der Waals surface area (Å²) in [6.45, 7) is 0. The number of carbonyl (C=O) groups excluding carboxylic acids is 1. The van der Waals surface area contributed by atoms with Crippen molar-refractivity contribution in [2.45, 2.75) is 10.9 Å². The van der Waals surface area contributed by atoms with E-state index >= 15 is 0 Å². The number of thiophene rings is 1. The lowest BCUT2D eigenvalue weighted by atomic mass is 10.1. The van der Waals surface area contributed by atoms with Crippen LogP contribution in [0.25, 0.3) is 0 Å². The molecule has 0 aliphatic rings. The Labute approximate surface area is 174 Å². The van der Waals surface area contributed by atoms with E-state index in [0.29, 0.717) is 10.0 Å². The summed E-state index contributed by atoms with van der Waals surface area (Å²) >= 11 is 4.59. The zero-order valence-electron chi connectivity index (χ0n) is 14.6. The molecule has 1 atom stereocenters. The van der Waals surface area contributed by atoms with Crippen LogP contribution in [0.2, 0.25) is 0 Å². The van der Waals surface area contributed by atoms with Gasteiger partial charge in [0.05, 0.1) is 23.6 Å². The number of esters is 1. The molecular weight excluding hydrogens is 469 g/mol. The fourth-order valence-corrected chi connectivity index (χ4v) is 5.08. The van der Waals surface area contributed by atoms with Crippen LogP contribution >= 0.6 is 27.3 Å². The maximum atomic E-state index is 13.3. The number of carbonyl (C=O) groups is 1. The second-order valence-electron chi connectivity index (χ2n) is 5.75. The SMILES string of the molecule is COC(=O)c1cc(S(=O)(=O)NC(c2ccc(F)cc2)c2cccs2)ccc1Br. The van der Waals surface area contributed by atoms with Gasteiger partial charge >= 0.3 is 5.97 Å². The van der Waals surface area contributed by atoms with E-state index in [1.54, 1.807) is 12.1 Å². The number of sulfonamides is 1. The number of hydrogen-bond acceptors (Lipinski definition) is 5. The van der Waals surface area contributed by atoms with Crippen LogP contribution in [0, 0.1) is 5.82 Å². The van der Waals surface area contributed by atoms with Crippen LogP contribution in [0.1, 0.15) is 26.8 Å². The van der Waals surface area contributed by atoms with E-state index in [1.807, 2.05) is 5.38 Å². The van der Waals surface area contributed by atoms with E-state index < -0.39 is 27.9 Å². The lowest BCUT2D eigenvalue weighted by Crippen LogP contribution is -2.29. The predicted octanol–water partition coefficient (Wildman–Crippen LogP) is 4.50. The lowest BCUT2D eigenvalue weighted by molar-refractivity contribution is 0.0599. The topological polar surface area (TPSA) is 72.5 Å². The van der Waals surface area contributed by atoms with E-state index in [0.717, 1.165) is 4.88 Å². The van der Waals surface area contributed by atoms with Crippen molar-refractivity contribution in [3.63, 3.8) is 0 Å². The van der Waals surface area contributed by atoms with Gasteiger partial charge in [-0.15, -0.1) is 11.3 Å². The number of hydrogen-bond donors (Lipinski definition) is 1. The number of nitrogens with one attached hydrogen (secondary N) is 1. The van der Waals surface area contributed by atoms with Gasteiger partial charge in [0.25, 0.3) is 0 Å². The summed E-state index contributed by atoms with van der Waals surface area (Å²) in [6.07, 6.45) is 0. The van der Waals surface area contributed by atoms with Gasteiger partial charge in [-0.05, 0) is 63.3 Å². The van der Waals surface area contributed by atoms with Gasteiger partial charge in [-0.25, -0.2) is 17.6 Å². The largest absolute Gasteiger partial charge is 0.465 e. The first-order valence-electron chi connectivity index (χ1n) is 8.01. The Balaban J connectivity index is 2.00. The van der Waals surface area contributed by atoms with Gasteiger partial charge < -0.3 is 4.74 Å². The first kappa shape index (κ1) is 20.7. The van der Waals surface area contributed by atoms with Crippen LogP contribution in [-0.2, 0) is 14.8 Å². The lowest BCUT2D eigenvalue weighted by Gasteiger charge is -2.18. The molecule has 0 fully saturated rings. The second kappa shape index (κ2) is 8.52. The highest BCUT2D eigenvalue weighted by Gasteiger charge is 2.25. The molecule has 1 aromatic heterocycles. The molecule has 3 aromatic rings. The molecule has 0 amide bonds. The van der Waals surface area contributed by atoms with E-state index in [1.165, 1.54) is 60.9 Å². The number of benzene rings is 2. The molecule has 0 radical (unpaired) electrons. The molecule has 28 heavy (non-hydrogen) atoms. The van der Waals surface area contributed by atoms with Crippen molar-refractivity contribution in [1.82, 2.24) is 4.72 Å². The van der Waals surface area contributed by atoms with Crippen LogP contribution < -0.4 is 4.72 Å². The molecule has 0 aliphatic carbocycles. The van der Waals surface area contributed by atoms with Crippen LogP contribution in [-0.4, -0.2) is 21.5 Å².